The molecule has 94 valence electrons. The van der Waals surface area contributed by atoms with Gasteiger partial charge in [-0.05, 0) is 24.3 Å². The van der Waals surface area contributed by atoms with Crippen molar-refractivity contribution in [3.8, 4) is 0 Å². The van der Waals surface area contributed by atoms with E-state index >= 15 is 0 Å². The van der Waals surface area contributed by atoms with Gasteiger partial charge < -0.3 is 10.1 Å². The van der Waals surface area contributed by atoms with Gasteiger partial charge >= 0.3 is 6.09 Å². The zero-order chi connectivity index (χ0) is 12.8. The Balaban J connectivity index is 1.89. The summed E-state index contributed by atoms with van der Waals surface area (Å²) in [6, 6.07) is 7.41. The Morgan fingerprint density at radius 2 is 2.06 bits per heavy atom. The molecule has 1 heterocycles. The molecule has 0 radical (unpaired) electrons. The van der Waals surface area contributed by atoms with Crippen molar-refractivity contribution < 1.29 is 9.53 Å². The Bertz CT molecular complexity index is 497. The third-order valence-electron chi connectivity index (χ3n) is 2.27. The first-order valence-electron chi connectivity index (χ1n) is 5.34. The minimum absolute atomic E-state index is 0.472. The third kappa shape index (κ3) is 3.46. The average molecular weight is 263 g/mol. The molecule has 0 aliphatic carbocycles. The van der Waals surface area contributed by atoms with E-state index in [-0.39, 0.29) is 0 Å². The van der Waals surface area contributed by atoms with Gasteiger partial charge in [0.05, 0.1) is 19.2 Å². The molecule has 0 atom stereocenters. The summed E-state index contributed by atoms with van der Waals surface area (Å²) in [6.07, 6.45) is 1.37. The van der Waals surface area contributed by atoms with Gasteiger partial charge in [-0.1, -0.05) is 0 Å². The van der Waals surface area contributed by atoms with E-state index < -0.39 is 6.09 Å². The Hall–Kier alpha value is -2.08. The van der Waals surface area contributed by atoms with Crippen LogP contribution in [0.25, 0.3) is 0 Å². The minimum Gasteiger partial charge on any atom is -0.453 e. The lowest BCUT2D eigenvalue weighted by molar-refractivity contribution is 0.187. The number of benzene rings is 1. The van der Waals surface area contributed by atoms with Crippen LogP contribution in [0.15, 0.2) is 36.0 Å². The highest BCUT2D eigenvalue weighted by atomic mass is 32.1. The van der Waals surface area contributed by atoms with Crippen LogP contribution in [0, 0.1) is 0 Å². The lowest BCUT2D eigenvalue weighted by atomic mass is 10.3. The first-order valence-corrected chi connectivity index (χ1v) is 6.22. The molecule has 0 unspecified atom stereocenters. The fraction of sp³-hybridized carbons (Fsp3) is 0.167. The summed E-state index contributed by atoms with van der Waals surface area (Å²) in [5.74, 6) is 0. The number of carbonyl (C=O) groups excluding carboxylic acids is 1. The van der Waals surface area contributed by atoms with Crippen molar-refractivity contribution in [3.63, 3.8) is 0 Å². The summed E-state index contributed by atoms with van der Waals surface area (Å²) in [5, 5.41) is 5.86. The SMILES string of the molecule is COC(=O)Nc1ccc(NCc2cncs2)cc1. The summed E-state index contributed by atoms with van der Waals surface area (Å²) < 4.78 is 4.51. The Kier molecular flexibility index (Phi) is 4.14. The van der Waals surface area contributed by atoms with Gasteiger partial charge in [0.15, 0.2) is 0 Å². The van der Waals surface area contributed by atoms with E-state index in [0.717, 1.165) is 12.2 Å². The summed E-state index contributed by atoms with van der Waals surface area (Å²) in [6.45, 7) is 0.744. The van der Waals surface area contributed by atoms with Crippen LogP contribution in [0.5, 0.6) is 0 Å². The number of hydrogen-bond acceptors (Lipinski definition) is 5. The standard InChI is InChI=1S/C12H13N3O2S/c1-17-12(16)15-10-4-2-9(3-5-10)14-7-11-6-13-8-18-11/h2-6,8,14H,7H2,1H3,(H,15,16). The molecule has 0 bridgehead atoms. The van der Waals surface area contributed by atoms with E-state index in [1.165, 1.54) is 12.0 Å². The molecular weight excluding hydrogens is 250 g/mol. The number of hydrogen-bond donors (Lipinski definition) is 2. The maximum absolute atomic E-state index is 11.0. The number of nitrogens with zero attached hydrogens (tertiary/aromatic N) is 1. The number of rotatable bonds is 4. The van der Waals surface area contributed by atoms with Crippen LogP contribution in [-0.2, 0) is 11.3 Å². The molecule has 0 saturated carbocycles. The molecule has 2 N–H and O–H groups in total. The second-order valence-electron chi connectivity index (χ2n) is 3.52. The lowest BCUT2D eigenvalue weighted by Crippen LogP contribution is -2.10. The first kappa shape index (κ1) is 12.4. The van der Waals surface area contributed by atoms with Crippen LogP contribution in [0.3, 0.4) is 0 Å². The van der Waals surface area contributed by atoms with Gasteiger partial charge in [0, 0.05) is 22.4 Å². The van der Waals surface area contributed by atoms with Crippen molar-refractivity contribution >= 4 is 28.8 Å². The second kappa shape index (κ2) is 6.02. The monoisotopic (exact) mass is 263 g/mol. The van der Waals surface area contributed by atoms with Gasteiger partial charge in [-0.25, -0.2) is 4.79 Å². The van der Waals surface area contributed by atoms with Crippen molar-refractivity contribution in [2.45, 2.75) is 6.54 Å². The smallest absolute Gasteiger partial charge is 0.411 e. The predicted molar refractivity (Wildman–Crippen MR) is 71.9 cm³/mol. The molecule has 18 heavy (non-hydrogen) atoms. The maximum atomic E-state index is 11.0. The highest BCUT2D eigenvalue weighted by Crippen LogP contribution is 2.15. The van der Waals surface area contributed by atoms with E-state index in [0.29, 0.717) is 5.69 Å². The molecule has 0 spiro atoms. The number of ether oxygens (including phenoxy) is 1. The number of nitrogens with one attached hydrogen (secondary N) is 2. The van der Waals surface area contributed by atoms with Crippen LogP contribution in [0.4, 0.5) is 16.2 Å². The topological polar surface area (TPSA) is 63.2 Å². The number of carbonyl (C=O) groups is 1. The molecule has 1 aromatic heterocycles. The van der Waals surface area contributed by atoms with Gasteiger partial charge in [-0.2, -0.15) is 0 Å². The van der Waals surface area contributed by atoms with E-state index in [4.69, 9.17) is 0 Å². The van der Waals surface area contributed by atoms with Crippen LogP contribution < -0.4 is 10.6 Å². The van der Waals surface area contributed by atoms with Crippen molar-refractivity contribution in [1.29, 1.82) is 0 Å². The highest BCUT2D eigenvalue weighted by Gasteiger charge is 2.00. The molecular formula is C12H13N3O2S. The number of anilines is 2. The zero-order valence-electron chi connectivity index (χ0n) is 9.84. The maximum Gasteiger partial charge on any atom is 0.411 e. The molecule has 0 aliphatic heterocycles. The van der Waals surface area contributed by atoms with Gasteiger partial charge in [0.1, 0.15) is 0 Å². The van der Waals surface area contributed by atoms with Gasteiger partial charge in [0.2, 0.25) is 0 Å². The third-order valence-corrected chi connectivity index (χ3v) is 3.05. The molecule has 2 rings (SSSR count). The number of amides is 1. The zero-order valence-corrected chi connectivity index (χ0v) is 10.7. The molecule has 1 aromatic carbocycles. The van der Waals surface area contributed by atoms with Gasteiger partial charge in [-0.3, -0.25) is 10.3 Å². The Morgan fingerprint density at radius 3 is 2.67 bits per heavy atom. The lowest BCUT2D eigenvalue weighted by Gasteiger charge is -2.07. The van der Waals surface area contributed by atoms with Crippen molar-refractivity contribution in [1.82, 2.24) is 4.98 Å². The van der Waals surface area contributed by atoms with Crippen LogP contribution >= 0.6 is 11.3 Å². The minimum atomic E-state index is -0.472. The van der Waals surface area contributed by atoms with E-state index in [1.54, 1.807) is 16.8 Å². The largest absolute Gasteiger partial charge is 0.453 e. The summed E-state index contributed by atoms with van der Waals surface area (Å²) >= 11 is 1.61. The molecule has 0 fully saturated rings. The Labute approximate surface area is 109 Å². The van der Waals surface area contributed by atoms with Crippen molar-refractivity contribution in [2.24, 2.45) is 0 Å². The molecule has 1 amide bonds. The van der Waals surface area contributed by atoms with Gasteiger partial charge in [0.25, 0.3) is 0 Å². The molecule has 5 nitrogen and oxygen atoms in total. The quantitative estimate of drug-likeness (QED) is 0.890. The second-order valence-corrected chi connectivity index (χ2v) is 4.49. The summed E-state index contributed by atoms with van der Waals surface area (Å²) in [7, 11) is 1.33. The Morgan fingerprint density at radius 1 is 1.33 bits per heavy atom. The normalized spacial score (nSPS) is 9.83. The summed E-state index contributed by atoms with van der Waals surface area (Å²) in [4.78, 5) is 16.2. The van der Waals surface area contributed by atoms with Crippen LogP contribution in [-0.4, -0.2) is 18.2 Å². The van der Waals surface area contributed by atoms with E-state index in [9.17, 15) is 4.79 Å². The average Bonchev–Trinajstić information content (AvgIpc) is 2.91. The molecule has 6 heteroatoms. The van der Waals surface area contributed by atoms with Crippen LogP contribution in [0.2, 0.25) is 0 Å². The van der Waals surface area contributed by atoms with E-state index in [2.05, 4.69) is 20.4 Å². The fourth-order valence-electron chi connectivity index (χ4n) is 1.36. The first-order chi connectivity index (χ1) is 8.78. The molecule has 0 aliphatic rings. The number of methoxy groups -OCH3 is 1. The van der Waals surface area contributed by atoms with Crippen LogP contribution in [0.1, 0.15) is 4.88 Å². The van der Waals surface area contributed by atoms with Gasteiger partial charge in [-0.15, -0.1) is 11.3 Å². The molecule has 0 saturated heterocycles. The van der Waals surface area contributed by atoms with Crippen molar-refractivity contribution in [2.75, 3.05) is 17.7 Å². The van der Waals surface area contributed by atoms with Crippen molar-refractivity contribution in [3.05, 3.63) is 40.8 Å². The predicted octanol–water partition coefficient (Wildman–Crippen LogP) is 2.93. The summed E-state index contributed by atoms with van der Waals surface area (Å²) in [5.41, 5.74) is 3.49. The highest BCUT2D eigenvalue weighted by molar-refractivity contribution is 7.09. The van der Waals surface area contributed by atoms with E-state index in [1.807, 2.05) is 30.5 Å². The molecule has 2 aromatic rings. The number of thiazole rings is 1. The fourth-order valence-corrected chi connectivity index (χ4v) is 1.89. The number of aromatic nitrogens is 1.